The molecule has 3 aromatic rings. The van der Waals surface area contributed by atoms with E-state index in [2.05, 4.69) is 9.88 Å². The van der Waals surface area contributed by atoms with E-state index in [1.807, 2.05) is 48.2 Å². The monoisotopic (exact) mass is 546 g/mol. The van der Waals surface area contributed by atoms with Crippen molar-refractivity contribution in [3.8, 4) is 5.75 Å². The molecule has 198 valence electrons. The van der Waals surface area contributed by atoms with Gasteiger partial charge in [0, 0.05) is 43.1 Å². The predicted molar refractivity (Wildman–Crippen MR) is 146 cm³/mol. The number of nitrogens with zero attached hydrogens (tertiary/aromatic N) is 3. The Labute approximate surface area is 227 Å². The zero-order valence-electron chi connectivity index (χ0n) is 20.7. The van der Waals surface area contributed by atoms with E-state index in [0.717, 1.165) is 36.3 Å². The van der Waals surface area contributed by atoms with Gasteiger partial charge in [-0.3, -0.25) is 14.7 Å². The van der Waals surface area contributed by atoms with E-state index >= 15 is 0 Å². The highest BCUT2D eigenvalue weighted by Crippen LogP contribution is 2.37. The van der Waals surface area contributed by atoms with Crippen molar-refractivity contribution in [3.05, 3.63) is 87.7 Å². The molecular formula is C27H32Cl2N4O4. The van der Waals surface area contributed by atoms with Crippen molar-refractivity contribution < 1.29 is 19.7 Å². The lowest BCUT2D eigenvalue weighted by Crippen LogP contribution is -2.48. The molecule has 0 unspecified atom stereocenters. The molecule has 4 N–H and O–H groups in total. The molecule has 0 saturated carbocycles. The fraction of sp³-hybridized carbons (Fsp3) is 0.333. The first kappa shape index (κ1) is 28.7. The van der Waals surface area contributed by atoms with E-state index in [4.69, 9.17) is 38.8 Å². The minimum absolute atomic E-state index is 0.0274. The lowest BCUT2D eigenvalue weighted by molar-refractivity contribution is 0.0883. The largest absolute Gasteiger partial charge is 0.491 e. The Morgan fingerprint density at radius 2 is 1.86 bits per heavy atom. The van der Waals surface area contributed by atoms with Gasteiger partial charge in [-0.15, -0.1) is 0 Å². The molecule has 0 bridgehead atoms. The van der Waals surface area contributed by atoms with Crippen LogP contribution in [0.3, 0.4) is 0 Å². The van der Waals surface area contributed by atoms with Crippen LogP contribution in [-0.2, 0) is 6.42 Å². The number of hydrogen-bond acceptors (Lipinski definition) is 7. The minimum Gasteiger partial charge on any atom is -0.491 e. The lowest BCUT2D eigenvalue weighted by Gasteiger charge is -2.42. The fourth-order valence-electron chi connectivity index (χ4n) is 4.02. The Morgan fingerprint density at radius 3 is 2.49 bits per heavy atom. The summed E-state index contributed by atoms with van der Waals surface area (Å²) in [5, 5.41) is 19.7. The second kappa shape index (κ2) is 14.2. The van der Waals surface area contributed by atoms with Crippen LogP contribution in [0.4, 0.5) is 5.69 Å². The van der Waals surface area contributed by atoms with E-state index in [1.54, 1.807) is 18.3 Å². The number of anilines is 1. The van der Waals surface area contributed by atoms with Gasteiger partial charge in [0.25, 0.3) is 0 Å². The van der Waals surface area contributed by atoms with Crippen LogP contribution in [0.5, 0.6) is 5.75 Å². The summed E-state index contributed by atoms with van der Waals surface area (Å²) in [6.07, 6.45) is 4.07. The number of aliphatic hydroxyl groups excluding tert-OH is 2. The second-order valence-corrected chi connectivity index (χ2v) is 9.31. The summed E-state index contributed by atoms with van der Waals surface area (Å²) in [7, 11) is 0. The summed E-state index contributed by atoms with van der Waals surface area (Å²) in [6.45, 7) is 4.40. The number of piperazine rings is 1. The van der Waals surface area contributed by atoms with Gasteiger partial charge in [0.15, 0.2) is 0 Å². The SMILES string of the molecule is CCc1cncc(C(N)=O)c1.OCCOc1ccc(N2CCN(CO)C[C@H]2c2ccc(Cl)cc2)c(Cl)c1. The van der Waals surface area contributed by atoms with Crippen molar-refractivity contribution in [2.75, 3.05) is 44.5 Å². The van der Waals surface area contributed by atoms with Crippen molar-refractivity contribution in [2.45, 2.75) is 19.4 Å². The molecule has 0 aliphatic carbocycles. The van der Waals surface area contributed by atoms with Crippen LogP contribution in [0.2, 0.25) is 10.0 Å². The van der Waals surface area contributed by atoms with Gasteiger partial charge in [-0.05, 0) is 47.9 Å². The third-order valence-electron chi connectivity index (χ3n) is 6.00. The predicted octanol–water partition coefficient (Wildman–Crippen LogP) is 3.92. The molecule has 8 nitrogen and oxygen atoms in total. The van der Waals surface area contributed by atoms with Crippen LogP contribution in [0.1, 0.15) is 34.5 Å². The molecule has 1 aliphatic rings. The fourth-order valence-corrected chi connectivity index (χ4v) is 4.42. The maximum atomic E-state index is 10.7. The first-order valence-electron chi connectivity index (χ1n) is 12.0. The third kappa shape index (κ3) is 8.05. The molecule has 1 aliphatic heterocycles. The van der Waals surface area contributed by atoms with Gasteiger partial charge < -0.3 is 25.6 Å². The third-order valence-corrected chi connectivity index (χ3v) is 6.55. The summed E-state index contributed by atoms with van der Waals surface area (Å²) in [4.78, 5) is 18.8. The number of primary amides is 1. The molecule has 1 atom stereocenters. The Kier molecular flexibility index (Phi) is 11.0. The van der Waals surface area contributed by atoms with Crippen molar-refractivity contribution in [1.82, 2.24) is 9.88 Å². The topological polar surface area (TPSA) is 112 Å². The van der Waals surface area contributed by atoms with Gasteiger partial charge >= 0.3 is 0 Å². The molecule has 1 saturated heterocycles. The number of benzene rings is 2. The number of nitrogens with two attached hydrogens (primary N) is 1. The van der Waals surface area contributed by atoms with Crippen LogP contribution in [0, 0.1) is 0 Å². The van der Waals surface area contributed by atoms with Crippen molar-refractivity contribution in [2.24, 2.45) is 5.73 Å². The van der Waals surface area contributed by atoms with E-state index < -0.39 is 5.91 Å². The van der Waals surface area contributed by atoms with Crippen molar-refractivity contribution >= 4 is 34.8 Å². The summed E-state index contributed by atoms with van der Waals surface area (Å²) in [6, 6.07) is 15.1. The maximum Gasteiger partial charge on any atom is 0.250 e. The Morgan fingerprint density at radius 1 is 1.11 bits per heavy atom. The first-order valence-corrected chi connectivity index (χ1v) is 12.7. The number of rotatable bonds is 8. The van der Waals surface area contributed by atoms with E-state index in [0.29, 0.717) is 27.9 Å². The highest BCUT2D eigenvalue weighted by atomic mass is 35.5. The maximum absolute atomic E-state index is 10.7. The molecule has 1 aromatic heterocycles. The van der Waals surface area contributed by atoms with E-state index in [1.165, 1.54) is 6.20 Å². The molecule has 1 amide bonds. The van der Waals surface area contributed by atoms with Gasteiger partial charge in [0.05, 0.1) is 35.7 Å². The average Bonchev–Trinajstić information content (AvgIpc) is 2.92. The van der Waals surface area contributed by atoms with Gasteiger partial charge in [0.2, 0.25) is 5.91 Å². The van der Waals surface area contributed by atoms with Gasteiger partial charge in [0.1, 0.15) is 12.4 Å². The second-order valence-electron chi connectivity index (χ2n) is 8.46. The average molecular weight is 547 g/mol. The van der Waals surface area contributed by atoms with Gasteiger partial charge in [-0.1, -0.05) is 42.3 Å². The highest BCUT2D eigenvalue weighted by Gasteiger charge is 2.29. The standard InChI is InChI=1S/C19H22Cl2N2O3.C8H10N2O/c20-15-3-1-14(2-4-15)19-12-22(13-25)7-8-23(19)18-6-5-16(11-17(18)21)26-10-9-24;1-2-6-3-7(8(9)11)5-10-4-6/h1-6,11,19,24-25H,7-10,12-13H2;3-5H,2H2,1H3,(H2,9,11)/t19-;/m0./s1. The molecule has 0 radical (unpaired) electrons. The van der Waals surface area contributed by atoms with Crippen LogP contribution >= 0.6 is 23.2 Å². The molecule has 2 heterocycles. The number of ether oxygens (including phenoxy) is 1. The number of aromatic nitrogens is 1. The Bertz CT molecular complexity index is 1160. The molecule has 0 spiro atoms. The Balaban J connectivity index is 0.000000289. The van der Waals surface area contributed by atoms with E-state index in [9.17, 15) is 9.90 Å². The molecule has 10 heteroatoms. The number of pyridine rings is 1. The molecular weight excluding hydrogens is 515 g/mol. The zero-order chi connectivity index (χ0) is 26.8. The van der Waals surface area contributed by atoms with E-state index in [-0.39, 0.29) is 26.0 Å². The minimum atomic E-state index is -0.423. The first-order chi connectivity index (χ1) is 17.9. The van der Waals surface area contributed by atoms with Crippen LogP contribution < -0.4 is 15.4 Å². The quantitative estimate of drug-likeness (QED) is 0.392. The molecule has 37 heavy (non-hydrogen) atoms. The van der Waals surface area contributed by atoms with Crippen molar-refractivity contribution in [3.63, 3.8) is 0 Å². The summed E-state index contributed by atoms with van der Waals surface area (Å²) in [5.41, 5.74) is 8.60. The smallest absolute Gasteiger partial charge is 0.250 e. The summed E-state index contributed by atoms with van der Waals surface area (Å²) in [5.74, 6) is 0.206. The highest BCUT2D eigenvalue weighted by molar-refractivity contribution is 6.33. The number of halogens is 2. The lowest BCUT2D eigenvalue weighted by atomic mass is 10.0. The summed E-state index contributed by atoms with van der Waals surface area (Å²) < 4.78 is 5.43. The zero-order valence-corrected chi connectivity index (χ0v) is 22.2. The molecule has 2 aromatic carbocycles. The number of hydrogen-bond donors (Lipinski definition) is 3. The van der Waals surface area contributed by atoms with Gasteiger partial charge in [-0.2, -0.15) is 0 Å². The summed E-state index contributed by atoms with van der Waals surface area (Å²) >= 11 is 12.5. The number of aryl methyl sites for hydroxylation is 1. The van der Waals surface area contributed by atoms with Crippen LogP contribution in [0.25, 0.3) is 0 Å². The normalized spacial score (nSPS) is 15.6. The Hall–Kier alpha value is -2.88. The number of carbonyl (C=O) groups is 1. The number of amides is 1. The number of carbonyl (C=O) groups excluding carboxylic acids is 1. The number of aliphatic hydroxyl groups is 2. The molecule has 4 rings (SSSR count). The van der Waals surface area contributed by atoms with Gasteiger partial charge in [-0.25, -0.2) is 0 Å². The van der Waals surface area contributed by atoms with Crippen LogP contribution in [-0.4, -0.2) is 65.6 Å². The molecule has 1 fully saturated rings. The van der Waals surface area contributed by atoms with Crippen molar-refractivity contribution in [1.29, 1.82) is 0 Å². The van der Waals surface area contributed by atoms with Crippen LogP contribution in [0.15, 0.2) is 60.9 Å².